The summed E-state index contributed by atoms with van der Waals surface area (Å²) in [5, 5.41) is 0. The first-order valence-corrected chi connectivity index (χ1v) is 6.72. The predicted molar refractivity (Wildman–Crippen MR) is 77.6 cm³/mol. The first kappa shape index (κ1) is 12.6. The molecule has 1 unspecified atom stereocenters. The molecule has 1 aromatic carbocycles. The fraction of sp³-hybridized carbons (Fsp3) is 0.308. The van der Waals surface area contributed by atoms with Crippen molar-refractivity contribution in [3.8, 4) is 0 Å². The molecule has 0 fully saturated rings. The topological polar surface area (TPSA) is 43.8 Å². The van der Waals surface area contributed by atoms with Gasteiger partial charge in [-0.3, -0.25) is 0 Å². The Kier molecular flexibility index (Phi) is 4.17. The van der Waals surface area contributed by atoms with Crippen LogP contribution in [0.5, 0.6) is 0 Å². The summed E-state index contributed by atoms with van der Waals surface area (Å²) in [6, 6.07) is 8.45. The molecule has 2 rings (SSSR count). The molecule has 2 aromatic rings. The number of hydrogen-bond donors (Lipinski definition) is 1. The van der Waals surface area contributed by atoms with Crippen molar-refractivity contribution in [3.63, 3.8) is 0 Å². The van der Waals surface area contributed by atoms with Crippen LogP contribution in [0.1, 0.15) is 23.9 Å². The zero-order chi connectivity index (χ0) is 12.3. The van der Waals surface area contributed by atoms with Gasteiger partial charge in [-0.2, -0.15) is 0 Å². The molecule has 0 aliphatic heterocycles. The van der Waals surface area contributed by atoms with Gasteiger partial charge in [0.1, 0.15) is 5.82 Å². The van der Waals surface area contributed by atoms with Gasteiger partial charge in [0.2, 0.25) is 0 Å². The van der Waals surface area contributed by atoms with Gasteiger partial charge in [0.15, 0.2) is 0 Å². The fourth-order valence-electron chi connectivity index (χ4n) is 1.83. The van der Waals surface area contributed by atoms with Crippen LogP contribution in [0.15, 0.2) is 36.7 Å². The molecular weight excluding hydrogens is 325 g/mol. The largest absolute Gasteiger partial charge is 0.338 e. The highest BCUT2D eigenvalue weighted by molar-refractivity contribution is 14.1. The SMILES string of the molecule is Cn1ccnc1CCC(N)c1cccc(I)c1. The van der Waals surface area contributed by atoms with Crippen molar-refractivity contribution in [2.45, 2.75) is 18.9 Å². The molecule has 0 radical (unpaired) electrons. The monoisotopic (exact) mass is 341 g/mol. The van der Waals surface area contributed by atoms with Crippen LogP contribution in [0.2, 0.25) is 0 Å². The van der Waals surface area contributed by atoms with E-state index in [1.165, 1.54) is 9.13 Å². The number of rotatable bonds is 4. The van der Waals surface area contributed by atoms with E-state index in [0.29, 0.717) is 0 Å². The van der Waals surface area contributed by atoms with Crippen LogP contribution in [0, 0.1) is 3.57 Å². The number of hydrogen-bond acceptors (Lipinski definition) is 2. The lowest BCUT2D eigenvalue weighted by Gasteiger charge is -2.12. The molecule has 0 amide bonds. The maximum absolute atomic E-state index is 6.19. The lowest BCUT2D eigenvalue weighted by atomic mass is 10.0. The van der Waals surface area contributed by atoms with E-state index in [1.54, 1.807) is 0 Å². The minimum atomic E-state index is 0.0846. The fourth-order valence-corrected chi connectivity index (χ4v) is 2.39. The highest BCUT2D eigenvalue weighted by Crippen LogP contribution is 2.18. The van der Waals surface area contributed by atoms with E-state index < -0.39 is 0 Å². The van der Waals surface area contributed by atoms with E-state index in [9.17, 15) is 0 Å². The second kappa shape index (κ2) is 5.64. The van der Waals surface area contributed by atoms with E-state index in [-0.39, 0.29) is 6.04 Å². The van der Waals surface area contributed by atoms with E-state index in [2.05, 4.69) is 51.8 Å². The second-order valence-electron chi connectivity index (χ2n) is 4.15. The average Bonchev–Trinajstić information content (AvgIpc) is 2.72. The molecular formula is C13H16IN3. The number of nitrogens with zero attached hydrogens (tertiary/aromatic N) is 2. The number of halogens is 1. The van der Waals surface area contributed by atoms with Gasteiger partial charge in [0.05, 0.1) is 0 Å². The highest BCUT2D eigenvalue weighted by Gasteiger charge is 2.08. The van der Waals surface area contributed by atoms with Gasteiger partial charge in [-0.25, -0.2) is 4.98 Å². The lowest BCUT2D eigenvalue weighted by molar-refractivity contribution is 0.620. The first-order valence-electron chi connectivity index (χ1n) is 5.64. The molecule has 3 nitrogen and oxygen atoms in total. The molecule has 0 saturated carbocycles. The number of nitrogens with two attached hydrogens (primary N) is 1. The van der Waals surface area contributed by atoms with Gasteiger partial charge in [-0.05, 0) is 46.7 Å². The molecule has 0 spiro atoms. The third kappa shape index (κ3) is 3.29. The predicted octanol–water partition coefficient (Wildman–Crippen LogP) is 2.66. The Labute approximate surface area is 115 Å². The van der Waals surface area contributed by atoms with Crippen LogP contribution >= 0.6 is 22.6 Å². The Morgan fingerprint density at radius 2 is 2.29 bits per heavy atom. The standard InChI is InChI=1S/C13H16IN3/c1-17-8-7-16-13(17)6-5-12(15)10-3-2-4-11(14)9-10/h2-4,7-9,12H,5-6,15H2,1H3. The summed E-state index contributed by atoms with van der Waals surface area (Å²) in [6.45, 7) is 0. The van der Waals surface area contributed by atoms with E-state index in [0.717, 1.165) is 18.7 Å². The Balaban J connectivity index is 1.98. The summed E-state index contributed by atoms with van der Waals surface area (Å²) in [7, 11) is 2.01. The van der Waals surface area contributed by atoms with Crippen molar-refractivity contribution in [1.82, 2.24) is 9.55 Å². The van der Waals surface area contributed by atoms with Crippen molar-refractivity contribution in [2.75, 3.05) is 0 Å². The van der Waals surface area contributed by atoms with Crippen LogP contribution in [0.25, 0.3) is 0 Å². The Hall–Kier alpha value is -0.880. The van der Waals surface area contributed by atoms with Gasteiger partial charge < -0.3 is 10.3 Å². The van der Waals surface area contributed by atoms with E-state index in [4.69, 9.17) is 5.73 Å². The van der Waals surface area contributed by atoms with Crippen molar-refractivity contribution >= 4 is 22.6 Å². The molecule has 1 atom stereocenters. The van der Waals surface area contributed by atoms with Crippen molar-refractivity contribution < 1.29 is 0 Å². The summed E-state index contributed by atoms with van der Waals surface area (Å²) < 4.78 is 3.27. The smallest absolute Gasteiger partial charge is 0.108 e. The molecule has 17 heavy (non-hydrogen) atoms. The van der Waals surface area contributed by atoms with Gasteiger partial charge in [-0.15, -0.1) is 0 Å². The van der Waals surface area contributed by atoms with Crippen LogP contribution in [0.4, 0.5) is 0 Å². The Morgan fingerprint density at radius 1 is 1.47 bits per heavy atom. The van der Waals surface area contributed by atoms with Crippen LogP contribution < -0.4 is 5.73 Å². The van der Waals surface area contributed by atoms with Crippen molar-refractivity contribution in [2.24, 2.45) is 12.8 Å². The minimum Gasteiger partial charge on any atom is -0.338 e. The quantitative estimate of drug-likeness (QED) is 0.869. The van der Waals surface area contributed by atoms with E-state index >= 15 is 0 Å². The molecule has 0 bridgehead atoms. The van der Waals surface area contributed by atoms with Gasteiger partial charge in [0.25, 0.3) is 0 Å². The summed E-state index contributed by atoms with van der Waals surface area (Å²) in [5.41, 5.74) is 7.39. The Bertz CT molecular complexity index is 493. The third-order valence-electron chi connectivity index (χ3n) is 2.88. The molecule has 1 aromatic heterocycles. The van der Waals surface area contributed by atoms with Crippen LogP contribution in [-0.2, 0) is 13.5 Å². The van der Waals surface area contributed by atoms with Crippen LogP contribution in [-0.4, -0.2) is 9.55 Å². The molecule has 0 aliphatic carbocycles. The molecule has 0 aliphatic rings. The third-order valence-corrected chi connectivity index (χ3v) is 3.55. The number of benzene rings is 1. The van der Waals surface area contributed by atoms with Gasteiger partial charge in [0, 0.05) is 35.5 Å². The Morgan fingerprint density at radius 3 is 2.94 bits per heavy atom. The van der Waals surface area contributed by atoms with Gasteiger partial charge in [-0.1, -0.05) is 12.1 Å². The molecule has 2 N–H and O–H groups in total. The second-order valence-corrected chi connectivity index (χ2v) is 5.40. The van der Waals surface area contributed by atoms with E-state index in [1.807, 2.05) is 24.0 Å². The number of imidazole rings is 1. The summed E-state index contributed by atoms with van der Waals surface area (Å²) >= 11 is 2.31. The van der Waals surface area contributed by atoms with Gasteiger partial charge >= 0.3 is 0 Å². The summed E-state index contributed by atoms with van der Waals surface area (Å²) in [5.74, 6) is 1.09. The number of aromatic nitrogens is 2. The maximum Gasteiger partial charge on any atom is 0.108 e. The lowest BCUT2D eigenvalue weighted by Crippen LogP contribution is -2.12. The average molecular weight is 341 g/mol. The molecule has 90 valence electrons. The molecule has 4 heteroatoms. The summed E-state index contributed by atoms with van der Waals surface area (Å²) in [6.07, 6.45) is 5.62. The zero-order valence-corrected chi connectivity index (χ0v) is 12.0. The zero-order valence-electron chi connectivity index (χ0n) is 9.81. The minimum absolute atomic E-state index is 0.0846. The maximum atomic E-state index is 6.19. The molecule has 0 saturated heterocycles. The number of aryl methyl sites for hydroxylation is 2. The highest BCUT2D eigenvalue weighted by atomic mass is 127. The van der Waals surface area contributed by atoms with Crippen molar-refractivity contribution in [1.29, 1.82) is 0 Å². The first-order chi connectivity index (χ1) is 8.16. The van der Waals surface area contributed by atoms with Crippen molar-refractivity contribution in [3.05, 3.63) is 51.6 Å². The summed E-state index contributed by atoms with van der Waals surface area (Å²) in [4.78, 5) is 4.30. The molecule has 1 heterocycles. The van der Waals surface area contributed by atoms with Crippen LogP contribution in [0.3, 0.4) is 0 Å². The normalized spacial score (nSPS) is 12.6.